The molecular weight excluding hydrogens is 194 g/mol. The Morgan fingerprint density at radius 3 is 2.47 bits per heavy atom. The van der Waals surface area contributed by atoms with Crippen LogP contribution in [0.15, 0.2) is 12.4 Å². The second kappa shape index (κ2) is 4.72. The predicted molar refractivity (Wildman–Crippen MR) is 56.9 cm³/mol. The molecule has 0 saturated heterocycles. The third kappa shape index (κ3) is 2.65. The SMILES string of the molecule is CCC(C(=O)O)N(C)c1ncc(C)cn1. The molecule has 1 N–H and O–H groups in total. The first kappa shape index (κ1) is 11.4. The van der Waals surface area contributed by atoms with Crippen molar-refractivity contribution >= 4 is 11.9 Å². The van der Waals surface area contributed by atoms with E-state index in [2.05, 4.69) is 9.97 Å². The number of aliphatic carboxylic acids is 1. The summed E-state index contributed by atoms with van der Waals surface area (Å²) in [6.07, 6.45) is 3.86. The summed E-state index contributed by atoms with van der Waals surface area (Å²) in [5.41, 5.74) is 0.954. The summed E-state index contributed by atoms with van der Waals surface area (Å²) in [6.45, 7) is 3.71. The van der Waals surface area contributed by atoms with Crippen LogP contribution in [0.1, 0.15) is 18.9 Å². The van der Waals surface area contributed by atoms with Crippen molar-refractivity contribution in [2.45, 2.75) is 26.3 Å². The number of aryl methyl sites for hydroxylation is 1. The van der Waals surface area contributed by atoms with Crippen LogP contribution in [0, 0.1) is 6.92 Å². The smallest absolute Gasteiger partial charge is 0.326 e. The molecular formula is C10H15N3O2. The van der Waals surface area contributed by atoms with Crippen molar-refractivity contribution in [3.63, 3.8) is 0 Å². The number of carbonyl (C=O) groups is 1. The van der Waals surface area contributed by atoms with Gasteiger partial charge in [0, 0.05) is 19.4 Å². The van der Waals surface area contributed by atoms with E-state index in [0.29, 0.717) is 12.4 Å². The summed E-state index contributed by atoms with van der Waals surface area (Å²) in [7, 11) is 1.69. The van der Waals surface area contributed by atoms with Gasteiger partial charge in [0.05, 0.1) is 0 Å². The van der Waals surface area contributed by atoms with Crippen LogP contribution in [-0.4, -0.2) is 34.1 Å². The van der Waals surface area contributed by atoms with E-state index < -0.39 is 12.0 Å². The van der Waals surface area contributed by atoms with E-state index in [1.54, 1.807) is 24.3 Å². The van der Waals surface area contributed by atoms with Gasteiger partial charge in [-0.05, 0) is 18.9 Å². The minimum atomic E-state index is -0.857. The molecule has 1 heterocycles. The summed E-state index contributed by atoms with van der Waals surface area (Å²) in [4.78, 5) is 20.6. The van der Waals surface area contributed by atoms with Crippen molar-refractivity contribution in [1.82, 2.24) is 9.97 Å². The van der Waals surface area contributed by atoms with Crippen molar-refractivity contribution in [1.29, 1.82) is 0 Å². The van der Waals surface area contributed by atoms with Gasteiger partial charge in [0.1, 0.15) is 6.04 Å². The van der Waals surface area contributed by atoms with Gasteiger partial charge in [-0.25, -0.2) is 14.8 Å². The molecule has 0 spiro atoms. The molecule has 15 heavy (non-hydrogen) atoms. The highest BCUT2D eigenvalue weighted by atomic mass is 16.4. The van der Waals surface area contributed by atoms with Gasteiger partial charge in [0.15, 0.2) is 0 Å². The molecule has 0 amide bonds. The van der Waals surface area contributed by atoms with E-state index in [-0.39, 0.29) is 0 Å². The van der Waals surface area contributed by atoms with Crippen LogP contribution in [-0.2, 0) is 4.79 Å². The van der Waals surface area contributed by atoms with Gasteiger partial charge in [0.2, 0.25) is 5.95 Å². The lowest BCUT2D eigenvalue weighted by atomic mass is 10.2. The highest BCUT2D eigenvalue weighted by Gasteiger charge is 2.22. The molecule has 82 valence electrons. The molecule has 1 unspecified atom stereocenters. The minimum absolute atomic E-state index is 0.440. The molecule has 0 aromatic carbocycles. The van der Waals surface area contributed by atoms with Crippen LogP contribution in [0.25, 0.3) is 0 Å². The second-order valence-corrected chi connectivity index (χ2v) is 3.43. The first-order chi connectivity index (χ1) is 7.06. The number of aromatic nitrogens is 2. The molecule has 0 aliphatic heterocycles. The average molecular weight is 209 g/mol. The van der Waals surface area contributed by atoms with Crippen molar-refractivity contribution in [3.05, 3.63) is 18.0 Å². The monoisotopic (exact) mass is 209 g/mol. The lowest BCUT2D eigenvalue weighted by Gasteiger charge is -2.23. The number of hydrogen-bond acceptors (Lipinski definition) is 4. The molecule has 1 aromatic rings. The molecule has 1 aromatic heterocycles. The zero-order valence-corrected chi connectivity index (χ0v) is 9.14. The lowest BCUT2D eigenvalue weighted by Crippen LogP contribution is -2.38. The molecule has 1 atom stereocenters. The Morgan fingerprint density at radius 1 is 1.53 bits per heavy atom. The van der Waals surface area contributed by atoms with E-state index in [1.165, 1.54) is 0 Å². The largest absolute Gasteiger partial charge is 0.480 e. The Balaban J connectivity index is 2.87. The number of nitrogens with zero attached hydrogens (tertiary/aromatic N) is 3. The van der Waals surface area contributed by atoms with Gasteiger partial charge < -0.3 is 10.0 Å². The van der Waals surface area contributed by atoms with Crippen molar-refractivity contribution < 1.29 is 9.90 Å². The number of carboxylic acid groups (broad SMARTS) is 1. The zero-order chi connectivity index (χ0) is 11.4. The second-order valence-electron chi connectivity index (χ2n) is 3.43. The fraction of sp³-hybridized carbons (Fsp3) is 0.500. The average Bonchev–Trinajstić information content (AvgIpc) is 2.19. The van der Waals surface area contributed by atoms with E-state index >= 15 is 0 Å². The van der Waals surface area contributed by atoms with Crippen LogP contribution in [0.5, 0.6) is 0 Å². The van der Waals surface area contributed by atoms with Crippen molar-refractivity contribution in [2.75, 3.05) is 11.9 Å². The normalized spacial score (nSPS) is 12.2. The Morgan fingerprint density at radius 2 is 2.07 bits per heavy atom. The fourth-order valence-corrected chi connectivity index (χ4v) is 1.32. The van der Waals surface area contributed by atoms with Crippen LogP contribution >= 0.6 is 0 Å². The van der Waals surface area contributed by atoms with Gasteiger partial charge >= 0.3 is 5.97 Å². The summed E-state index contributed by atoms with van der Waals surface area (Å²) in [5, 5.41) is 8.96. The molecule has 0 aliphatic carbocycles. The Bertz CT molecular complexity index is 337. The maximum atomic E-state index is 10.9. The molecule has 0 aliphatic rings. The van der Waals surface area contributed by atoms with Gasteiger partial charge in [-0.1, -0.05) is 6.92 Å². The Labute approximate surface area is 88.8 Å². The van der Waals surface area contributed by atoms with Crippen LogP contribution < -0.4 is 4.90 Å². The number of hydrogen-bond donors (Lipinski definition) is 1. The highest BCUT2D eigenvalue weighted by Crippen LogP contribution is 2.10. The van der Waals surface area contributed by atoms with E-state index in [1.807, 2.05) is 13.8 Å². The first-order valence-corrected chi connectivity index (χ1v) is 4.80. The van der Waals surface area contributed by atoms with Gasteiger partial charge in [-0.2, -0.15) is 0 Å². The van der Waals surface area contributed by atoms with Gasteiger partial charge in [0.25, 0.3) is 0 Å². The molecule has 5 nitrogen and oxygen atoms in total. The summed E-state index contributed by atoms with van der Waals surface area (Å²) in [6, 6.07) is -0.576. The third-order valence-electron chi connectivity index (χ3n) is 2.22. The van der Waals surface area contributed by atoms with Gasteiger partial charge in [-0.15, -0.1) is 0 Å². The van der Waals surface area contributed by atoms with Crippen LogP contribution in [0.2, 0.25) is 0 Å². The lowest BCUT2D eigenvalue weighted by molar-refractivity contribution is -0.138. The summed E-state index contributed by atoms with van der Waals surface area (Å²) in [5.74, 6) is -0.418. The Kier molecular flexibility index (Phi) is 3.60. The molecule has 0 saturated carbocycles. The highest BCUT2D eigenvalue weighted by molar-refractivity contribution is 5.77. The first-order valence-electron chi connectivity index (χ1n) is 4.80. The molecule has 0 fully saturated rings. The number of anilines is 1. The number of likely N-dealkylation sites (N-methyl/N-ethyl adjacent to an activating group) is 1. The van der Waals surface area contributed by atoms with Crippen molar-refractivity contribution in [3.8, 4) is 0 Å². The maximum absolute atomic E-state index is 10.9. The van der Waals surface area contributed by atoms with Gasteiger partial charge in [-0.3, -0.25) is 0 Å². The topological polar surface area (TPSA) is 66.3 Å². The predicted octanol–water partition coefficient (Wildman–Crippen LogP) is 1.08. The Hall–Kier alpha value is -1.65. The van der Waals surface area contributed by atoms with E-state index in [4.69, 9.17) is 5.11 Å². The fourth-order valence-electron chi connectivity index (χ4n) is 1.32. The summed E-state index contributed by atoms with van der Waals surface area (Å²) >= 11 is 0. The number of rotatable bonds is 4. The van der Waals surface area contributed by atoms with E-state index in [9.17, 15) is 4.79 Å². The van der Waals surface area contributed by atoms with Crippen molar-refractivity contribution in [2.24, 2.45) is 0 Å². The van der Waals surface area contributed by atoms with Crippen LogP contribution in [0.4, 0.5) is 5.95 Å². The number of carboxylic acids is 1. The standard InChI is InChI=1S/C10H15N3O2/c1-4-8(9(14)15)13(3)10-11-5-7(2)6-12-10/h5-6,8H,4H2,1-3H3,(H,14,15). The quantitative estimate of drug-likeness (QED) is 0.803. The van der Waals surface area contributed by atoms with Crippen LogP contribution in [0.3, 0.4) is 0 Å². The molecule has 0 bridgehead atoms. The molecule has 0 radical (unpaired) electrons. The third-order valence-corrected chi connectivity index (χ3v) is 2.22. The molecule has 1 rings (SSSR count). The van der Waals surface area contributed by atoms with E-state index in [0.717, 1.165) is 5.56 Å². The maximum Gasteiger partial charge on any atom is 0.326 e. The zero-order valence-electron chi connectivity index (χ0n) is 9.14. The molecule has 5 heteroatoms. The summed E-state index contributed by atoms with van der Waals surface area (Å²) < 4.78 is 0. The minimum Gasteiger partial charge on any atom is -0.480 e.